The highest BCUT2D eigenvalue weighted by atomic mass is 35.5. The minimum absolute atomic E-state index is 0.128. The second-order valence-electron chi connectivity index (χ2n) is 8.49. The van der Waals surface area contributed by atoms with E-state index in [0.717, 1.165) is 16.3 Å². The molecule has 194 valence electrons. The smallest absolute Gasteiger partial charge is 0.283 e. The molecular formula is C29H19Cl3N4O3. The first kappa shape index (κ1) is 26.3. The minimum Gasteiger partial charge on any atom is -0.356 e. The van der Waals surface area contributed by atoms with Crippen LogP contribution in [0.2, 0.25) is 10.0 Å². The molecule has 0 radical (unpaired) electrons. The highest BCUT2D eigenvalue weighted by Crippen LogP contribution is 2.33. The lowest BCUT2D eigenvalue weighted by Gasteiger charge is -2.16. The zero-order valence-corrected chi connectivity index (χ0v) is 22.3. The van der Waals surface area contributed by atoms with Crippen LogP contribution in [0.5, 0.6) is 0 Å². The number of benzene rings is 4. The van der Waals surface area contributed by atoms with Crippen LogP contribution in [0.25, 0.3) is 0 Å². The normalized spacial score (nSPS) is 13.1. The van der Waals surface area contributed by atoms with Crippen LogP contribution in [-0.4, -0.2) is 17.7 Å². The summed E-state index contributed by atoms with van der Waals surface area (Å²) >= 11 is 18.3. The van der Waals surface area contributed by atoms with E-state index in [9.17, 15) is 14.4 Å². The van der Waals surface area contributed by atoms with Crippen LogP contribution in [0.4, 0.5) is 28.4 Å². The van der Waals surface area contributed by atoms with Gasteiger partial charge in [-0.3, -0.25) is 14.4 Å². The van der Waals surface area contributed by atoms with Gasteiger partial charge in [0.25, 0.3) is 17.7 Å². The number of hydrogen-bond acceptors (Lipinski definition) is 5. The summed E-state index contributed by atoms with van der Waals surface area (Å²) in [6, 6.07) is 27.9. The summed E-state index contributed by atoms with van der Waals surface area (Å²) < 4.78 is 0. The van der Waals surface area contributed by atoms with E-state index < -0.39 is 11.8 Å². The number of carbonyl (C=O) groups is 3. The van der Waals surface area contributed by atoms with Gasteiger partial charge in [0.15, 0.2) is 0 Å². The second-order valence-corrected chi connectivity index (χ2v) is 9.74. The van der Waals surface area contributed by atoms with Gasteiger partial charge in [0.1, 0.15) is 10.7 Å². The summed E-state index contributed by atoms with van der Waals surface area (Å²) in [5.74, 6) is -1.75. The van der Waals surface area contributed by atoms with Gasteiger partial charge in [0.2, 0.25) is 0 Å². The minimum atomic E-state index is -0.721. The number of nitrogens with one attached hydrogen (secondary N) is 3. The lowest BCUT2D eigenvalue weighted by atomic mass is 10.1. The van der Waals surface area contributed by atoms with Crippen LogP contribution in [0.1, 0.15) is 10.4 Å². The molecule has 0 spiro atoms. The first-order valence-corrected chi connectivity index (χ1v) is 12.8. The fourth-order valence-electron chi connectivity index (χ4n) is 3.93. The predicted octanol–water partition coefficient (Wildman–Crippen LogP) is 7.43. The SMILES string of the molecule is O=C(Nc1ccc(Nc2ccccc2)cc1)c1cccc(NC2=C(Cl)C(=O)N(c3cc(Cl)cc(Cl)c3)C2=O)c1. The Labute approximate surface area is 239 Å². The number of halogens is 3. The van der Waals surface area contributed by atoms with E-state index in [1.54, 1.807) is 36.4 Å². The molecule has 0 aliphatic carbocycles. The monoisotopic (exact) mass is 576 g/mol. The summed E-state index contributed by atoms with van der Waals surface area (Å²) in [6.45, 7) is 0. The van der Waals surface area contributed by atoms with Gasteiger partial charge in [-0.2, -0.15) is 0 Å². The van der Waals surface area contributed by atoms with E-state index in [2.05, 4.69) is 16.0 Å². The average molecular weight is 578 g/mol. The van der Waals surface area contributed by atoms with Crippen molar-refractivity contribution in [1.82, 2.24) is 0 Å². The zero-order valence-electron chi connectivity index (χ0n) is 20.0. The molecule has 0 saturated carbocycles. The fourth-order valence-corrected chi connectivity index (χ4v) is 4.65. The van der Waals surface area contributed by atoms with Gasteiger partial charge in [0, 0.05) is 38.4 Å². The van der Waals surface area contributed by atoms with E-state index in [1.165, 1.54) is 18.2 Å². The summed E-state index contributed by atoms with van der Waals surface area (Å²) in [5.41, 5.74) is 3.22. The Bertz CT molecular complexity index is 1600. The Hall–Kier alpha value is -4.30. The highest BCUT2D eigenvalue weighted by Gasteiger charge is 2.39. The third-order valence-electron chi connectivity index (χ3n) is 5.73. The van der Waals surface area contributed by atoms with Crippen molar-refractivity contribution in [2.24, 2.45) is 0 Å². The van der Waals surface area contributed by atoms with Gasteiger partial charge < -0.3 is 16.0 Å². The number of hydrogen-bond donors (Lipinski definition) is 3. The topological polar surface area (TPSA) is 90.5 Å². The molecule has 1 aliphatic heterocycles. The molecule has 10 heteroatoms. The van der Waals surface area contributed by atoms with Crippen molar-refractivity contribution in [2.45, 2.75) is 0 Å². The number of rotatable bonds is 7. The molecule has 0 fully saturated rings. The van der Waals surface area contributed by atoms with Crippen LogP contribution in [0.15, 0.2) is 108 Å². The number of imide groups is 1. The maximum Gasteiger partial charge on any atom is 0.283 e. The maximum absolute atomic E-state index is 13.1. The Balaban J connectivity index is 1.28. The number of amides is 3. The first-order valence-electron chi connectivity index (χ1n) is 11.6. The molecule has 3 N–H and O–H groups in total. The van der Waals surface area contributed by atoms with Crippen molar-refractivity contribution >= 4 is 81.0 Å². The maximum atomic E-state index is 13.1. The molecule has 5 rings (SSSR count). The lowest BCUT2D eigenvalue weighted by molar-refractivity contribution is -0.120. The summed E-state index contributed by atoms with van der Waals surface area (Å²) in [6.07, 6.45) is 0. The molecule has 4 aromatic rings. The van der Waals surface area contributed by atoms with Gasteiger partial charge in [-0.25, -0.2) is 4.90 Å². The van der Waals surface area contributed by atoms with Crippen molar-refractivity contribution in [3.63, 3.8) is 0 Å². The Morgan fingerprint density at radius 2 is 1.23 bits per heavy atom. The molecule has 4 aromatic carbocycles. The molecule has 0 aromatic heterocycles. The Morgan fingerprint density at radius 3 is 1.92 bits per heavy atom. The van der Waals surface area contributed by atoms with E-state index in [1.807, 2.05) is 42.5 Å². The quantitative estimate of drug-likeness (QED) is 0.199. The molecule has 1 heterocycles. The second kappa shape index (κ2) is 11.2. The van der Waals surface area contributed by atoms with Gasteiger partial charge >= 0.3 is 0 Å². The van der Waals surface area contributed by atoms with Gasteiger partial charge in [-0.15, -0.1) is 0 Å². The van der Waals surface area contributed by atoms with Crippen LogP contribution in [-0.2, 0) is 9.59 Å². The van der Waals surface area contributed by atoms with Crippen molar-refractivity contribution in [1.29, 1.82) is 0 Å². The molecular weight excluding hydrogens is 559 g/mol. The van der Waals surface area contributed by atoms with Crippen molar-refractivity contribution in [3.8, 4) is 0 Å². The Kier molecular flexibility index (Phi) is 7.56. The van der Waals surface area contributed by atoms with Crippen LogP contribution in [0, 0.1) is 0 Å². The third kappa shape index (κ3) is 5.91. The van der Waals surface area contributed by atoms with E-state index in [0.29, 0.717) is 16.9 Å². The van der Waals surface area contributed by atoms with Gasteiger partial charge in [-0.1, -0.05) is 59.1 Å². The number of para-hydroxylation sites is 1. The van der Waals surface area contributed by atoms with E-state index in [4.69, 9.17) is 34.8 Å². The lowest BCUT2D eigenvalue weighted by Crippen LogP contribution is -2.32. The fraction of sp³-hybridized carbons (Fsp3) is 0. The van der Waals surface area contributed by atoms with Crippen LogP contribution < -0.4 is 20.9 Å². The number of anilines is 5. The largest absolute Gasteiger partial charge is 0.356 e. The zero-order chi connectivity index (χ0) is 27.5. The molecule has 1 aliphatic rings. The third-order valence-corrected chi connectivity index (χ3v) is 6.52. The number of carbonyl (C=O) groups excluding carboxylic acids is 3. The summed E-state index contributed by atoms with van der Waals surface area (Å²) in [7, 11) is 0. The highest BCUT2D eigenvalue weighted by molar-refractivity contribution is 6.53. The molecule has 0 unspecified atom stereocenters. The average Bonchev–Trinajstić information content (AvgIpc) is 3.13. The van der Waals surface area contributed by atoms with E-state index >= 15 is 0 Å². The summed E-state index contributed by atoms with van der Waals surface area (Å²) in [5, 5.41) is 9.23. The predicted molar refractivity (Wildman–Crippen MR) is 156 cm³/mol. The van der Waals surface area contributed by atoms with Gasteiger partial charge in [-0.05, 0) is 72.8 Å². The standard InChI is InChI=1S/C29H19Cl3N4O3/c30-18-14-19(31)16-24(15-18)36-28(38)25(32)26(29(36)39)34-23-8-4-5-17(13-23)27(37)35-22-11-9-21(10-12-22)33-20-6-2-1-3-7-20/h1-16,33-34H,(H,35,37). The van der Waals surface area contributed by atoms with Crippen LogP contribution in [0.3, 0.4) is 0 Å². The van der Waals surface area contributed by atoms with Crippen molar-refractivity contribution in [3.05, 3.63) is 123 Å². The molecule has 7 nitrogen and oxygen atoms in total. The van der Waals surface area contributed by atoms with Crippen molar-refractivity contribution < 1.29 is 14.4 Å². The molecule has 3 amide bonds. The molecule has 39 heavy (non-hydrogen) atoms. The van der Waals surface area contributed by atoms with E-state index in [-0.39, 0.29) is 32.4 Å². The molecule has 0 saturated heterocycles. The summed E-state index contributed by atoms with van der Waals surface area (Å²) in [4.78, 5) is 39.6. The van der Waals surface area contributed by atoms with Crippen LogP contribution >= 0.6 is 34.8 Å². The Morgan fingerprint density at radius 1 is 0.615 bits per heavy atom. The van der Waals surface area contributed by atoms with Crippen molar-refractivity contribution in [2.75, 3.05) is 20.9 Å². The number of nitrogens with zero attached hydrogens (tertiary/aromatic N) is 1. The molecule has 0 bridgehead atoms. The van der Waals surface area contributed by atoms with Gasteiger partial charge in [0.05, 0.1) is 5.69 Å². The molecule has 0 atom stereocenters. The first-order chi connectivity index (χ1) is 18.8.